The first-order chi connectivity index (χ1) is 31.7. The van der Waals surface area contributed by atoms with Crippen molar-refractivity contribution in [2.75, 3.05) is 0 Å². The van der Waals surface area contributed by atoms with Crippen molar-refractivity contribution in [3.63, 3.8) is 0 Å². The lowest BCUT2D eigenvalue weighted by Gasteiger charge is -2.16. The van der Waals surface area contributed by atoms with Crippen molar-refractivity contribution in [1.29, 1.82) is 0 Å². The summed E-state index contributed by atoms with van der Waals surface area (Å²) in [5, 5.41) is 19.5. The third kappa shape index (κ3) is 5.77. The van der Waals surface area contributed by atoms with Crippen molar-refractivity contribution in [2.24, 2.45) is 0 Å². The van der Waals surface area contributed by atoms with E-state index in [1.54, 1.807) is 6.20 Å². The average Bonchev–Trinajstić information content (AvgIpc) is 3.38. The fraction of sp³-hybridized carbons (Fsp3) is 0. The summed E-state index contributed by atoms with van der Waals surface area (Å²) in [6.07, 6.45) is 5.47. The molecule has 0 saturated heterocycles. The standard InChI is InChI=1S/C60H36N4/c1-2-12-37(13-3-1)55-34-56(64-60(63-55)43-27-30-54(62-36-43)42-16-11-31-61-35-42)40-26-28-49-47-20-7-5-18-45(47)44-17-4-6-19-46(44)48-21-8-9-22-50(48)59-51-29-25-39-15-10-14-38-23-24-41(58(51)57(38)39)33-53(59)52(49)32-40/h1-36H. The van der Waals surface area contributed by atoms with E-state index in [4.69, 9.17) is 15.0 Å². The third-order valence-corrected chi connectivity index (χ3v) is 12.9. The highest BCUT2D eigenvalue weighted by Gasteiger charge is 2.17. The van der Waals surface area contributed by atoms with Crippen LogP contribution in [0.25, 0.3) is 131 Å². The van der Waals surface area contributed by atoms with Crippen LogP contribution in [0.2, 0.25) is 0 Å². The van der Waals surface area contributed by atoms with Gasteiger partial charge in [0.2, 0.25) is 0 Å². The van der Waals surface area contributed by atoms with Crippen LogP contribution in [0, 0.1) is 0 Å². The molecule has 0 aliphatic heterocycles. The Morgan fingerprint density at radius 1 is 0.266 bits per heavy atom. The van der Waals surface area contributed by atoms with Crippen molar-refractivity contribution in [1.82, 2.24) is 19.9 Å². The monoisotopic (exact) mass is 812 g/mol. The van der Waals surface area contributed by atoms with E-state index in [1.807, 2.05) is 36.7 Å². The SMILES string of the molecule is c1ccc(-c2cc(-c3ccc4c5ccccc5c5ccccc5c5ccccc5c5c(cc6ccc7cccc8ccc5c6c78)c4c3)nc(-c3ccc(-c4cccnc4)nc3)n2)cc1. The summed E-state index contributed by atoms with van der Waals surface area (Å²) in [4.78, 5) is 19.7. The number of hydrogen-bond acceptors (Lipinski definition) is 4. The van der Waals surface area contributed by atoms with Crippen LogP contribution < -0.4 is 0 Å². The minimum Gasteiger partial charge on any atom is -0.264 e. The first-order valence-corrected chi connectivity index (χ1v) is 21.7. The van der Waals surface area contributed by atoms with Gasteiger partial charge in [-0.15, -0.1) is 0 Å². The summed E-state index contributed by atoms with van der Waals surface area (Å²) in [5.74, 6) is 0.612. The largest absolute Gasteiger partial charge is 0.264 e. The van der Waals surface area contributed by atoms with Gasteiger partial charge < -0.3 is 0 Å². The van der Waals surface area contributed by atoms with E-state index in [-0.39, 0.29) is 0 Å². The van der Waals surface area contributed by atoms with Crippen molar-refractivity contribution in [3.05, 3.63) is 219 Å². The van der Waals surface area contributed by atoms with Gasteiger partial charge in [0.05, 0.1) is 17.1 Å². The summed E-state index contributed by atoms with van der Waals surface area (Å²) in [6.45, 7) is 0. The molecule has 0 saturated carbocycles. The maximum atomic E-state index is 5.34. The lowest BCUT2D eigenvalue weighted by molar-refractivity contribution is 1.17. The molecule has 0 aliphatic rings. The van der Waals surface area contributed by atoms with Gasteiger partial charge in [0, 0.05) is 40.8 Å². The minimum atomic E-state index is 0.612. The van der Waals surface area contributed by atoms with Crippen molar-refractivity contribution < 1.29 is 0 Å². The van der Waals surface area contributed by atoms with Gasteiger partial charge in [-0.3, -0.25) is 9.97 Å². The minimum absolute atomic E-state index is 0.612. The van der Waals surface area contributed by atoms with Gasteiger partial charge in [-0.05, 0) is 129 Å². The Labute approximate surface area is 368 Å². The predicted molar refractivity (Wildman–Crippen MR) is 268 cm³/mol. The van der Waals surface area contributed by atoms with Crippen molar-refractivity contribution in [2.45, 2.75) is 0 Å². The summed E-state index contributed by atoms with van der Waals surface area (Å²) in [6, 6.07) is 72.4. The van der Waals surface area contributed by atoms with Crippen LogP contribution >= 0.6 is 0 Å². The van der Waals surface area contributed by atoms with E-state index >= 15 is 0 Å². The molecule has 0 unspecified atom stereocenters. The highest BCUT2D eigenvalue weighted by atomic mass is 14.9. The molecule has 296 valence electrons. The van der Waals surface area contributed by atoms with Crippen LogP contribution in [0.3, 0.4) is 0 Å². The van der Waals surface area contributed by atoms with E-state index in [1.165, 1.54) is 75.4 Å². The molecule has 0 fully saturated rings. The summed E-state index contributed by atoms with van der Waals surface area (Å²) in [7, 11) is 0. The Bertz CT molecular complexity index is 4040. The molecule has 3 aromatic heterocycles. The van der Waals surface area contributed by atoms with E-state index in [9.17, 15) is 0 Å². The molecule has 4 heteroatoms. The lowest BCUT2D eigenvalue weighted by atomic mass is 9.87. The number of pyridine rings is 2. The van der Waals surface area contributed by atoms with Gasteiger partial charge in [-0.1, -0.05) is 158 Å². The van der Waals surface area contributed by atoms with Gasteiger partial charge >= 0.3 is 0 Å². The molecular formula is C60H36N4. The molecule has 0 N–H and O–H groups in total. The molecule has 3 heterocycles. The fourth-order valence-electron chi connectivity index (χ4n) is 10.0. The molecule has 0 radical (unpaired) electrons. The van der Waals surface area contributed by atoms with Gasteiger partial charge in [0.1, 0.15) is 0 Å². The fourth-order valence-corrected chi connectivity index (χ4v) is 10.0. The molecule has 0 amide bonds. The topological polar surface area (TPSA) is 51.6 Å². The first kappa shape index (κ1) is 36.1. The maximum absolute atomic E-state index is 5.34. The molecular weight excluding hydrogens is 777 g/mol. The Morgan fingerprint density at radius 2 is 0.844 bits per heavy atom. The van der Waals surface area contributed by atoms with Crippen molar-refractivity contribution >= 4 is 86.2 Å². The second-order valence-electron chi connectivity index (χ2n) is 16.6. The molecule has 0 spiro atoms. The smallest absolute Gasteiger partial charge is 0.161 e. The Balaban J connectivity index is 1.18. The number of nitrogens with zero attached hydrogens (tertiary/aromatic N) is 4. The van der Waals surface area contributed by atoms with E-state index in [0.29, 0.717) is 5.82 Å². The van der Waals surface area contributed by atoms with Crippen LogP contribution in [0.4, 0.5) is 0 Å². The van der Waals surface area contributed by atoms with Gasteiger partial charge in [0.25, 0.3) is 0 Å². The van der Waals surface area contributed by atoms with Gasteiger partial charge in [0.15, 0.2) is 5.82 Å². The van der Waals surface area contributed by atoms with Crippen LogP contribution in [0.1, 0.15) is 0 Å². The Kier molecular flexibility index (Phi) is 8.18. The second kappa shape index (κ2) is 14.5. The normalized spacial score (nSPS) is 11.8. The number of rotatable bonds is 4. The molecule has 4 nitrogen and oxygen atoms in total. The maximum Gasteiger partial charge on any atom is 0.161 e. The predicted octanol–water partition coefficient (Wildman–Crippen LogP) is 15.7. The Morgan fingerprint density at radius 3 is 1.52 bits per heavy atom. The first-order valence-electron chi connectivity index (χ1n) is 21.7. The Hall–Kier alpha value is -8.60. The number of fused-ring (bicyclic) bond motifs is 11. The highest BCUT2D eigenvalue weighted by Crippen LogP contribution is 2.44. The molecule has 64 heavy (non-hydrogen) atoms. The zero-order chi connectivity index (χ0) is 42.1. The number of aromatic nitrogens is 4. The van der Waals surface area contributed by atoms with E-state index in [2.05, 4.69) is 181 Å². The molecule has 13 rings (SSSR count). The summed E-state index contributed by atoms with van der Waals surface area (Å²) < 4.78 is 0. The summed E-state index contributed by atoms with van der Waals surface area (Å²) >= 11 is 0. The highest BCUT2D eigenvalue weighted by molar-refractivity contribution is 6.36. The molecule has 13 aromatic rings. The zero-order valence-electron chi connectivity index (χ0n) is 34.6. The third-order valence-electron chi connectivity index (χ3n) is 12.9. The van der Waals surface area contributed by atoms with Crippen LogP contribution in [0.15, 0.2) is 219 Å². The quantitative estimate of drug-likeness (QED) is 0.166. The second-order valence-corrected chi connectivity index (χ2v) is 16.6. The molecule has 0 aliphatic carbocycles. The van der Waals surface area contributed by atoms with E-state index < -0.39 is 0 Å². The summed E-state index contributed by atoms with van der Waals surface area (Å²) in [5.41, 5.74) is 6.33. The molecule has 10 aromatic carbocycles. The van der Waals surface area contributed by atoms with Crippen LogP contribution in [0.5, 0.6) is 0 Å². The van der Waals surface area contributed by atoms with Crippen LogP contribution in [-0.4, -0.2) is 19.9 Å². The lowest BCUT2D eigenvalue weighted by Crippen LogP contribution is -1.97. The van der Waals surface area contributed by atoms with Gasteiger partial charge in [-0.25, -0.2) is 9.97 Å². The average molecular weight is 813 g/mol. The van der Waals surface area contributed by atoms with Crippen molar-refractivity contribution in [3.8, 4) is 45.2 Å². The van der Waals surface area contributed by atoms with E-state index in [0.717, 1.165) is 50.1 Å². The molecule has 0 atom stereocenters. The number of benzene rings is 9. The molecule has 0 bridgehead atoms. The van der Waals surface area contributed by atoms with Gasteiger partial charge in [-0.2, -0.15) is 0 Å². The zero-order valence-corrected chi connectivity index (χ0v) is 34.6. The van der Waals surface area contributed by atoms with Crippen LogP contribution in [-0.2, 0) is 0 Å². The number of hydrogen-bond donors (Lipinski definition) is 0.